The van der Waals surface area contributed by atoms with Crippen molar-refractivity contribution >= 4 is 5.78 Å². The van der Waals surface area contributed by atoms with Gasteiger partial charge in [-0.2, -0.15) is 0 Å². The van der Waals surface area contributed by atoms with E-state index in [1.54, 1.807) is 6.92 Å². The summed E-state index contributed by atoms with van der Waals surface area (Å²) in [4.78, 5) is 13.8. The summed E-state index contributed by atoms with van der Waals surface area (Å²) in [7, 11) is 0. The number of nitrogens with zero attached hydrogens (tertiary/aromatic N) is 1. The number of benzene rings is 1. The molecule has 0 saturated heterocycles. The van der Waals surface area contributed by atoms with Crippen LogP contribution in [0, 0.1) is 0 Å². The van der Waals surface area contributed by atoms with E-state index in [0.29, 0.717) is 0 Å². The van der Waals surface area contributed by atoms with Crippen LogP contribution in [0.3, 0.4) is 0 Å². The highest BCUT2D eigenvalue weighted by atomic mass is 16.1. The average molecular weight is 203 g/mol. The molecule has 1 aromatic carbocycles. The van der Waals surface area contributed by atoms with Crippen molar-refractivity contribution < 1.29 is 4.79 Å². The Hall–Kier alpha value is -1.15. The van der Waals surface area contributed by atoms with Gasteiger partial charge in [-0.15, -0.1) is 0 Å². The summed E-state index contributed by atoms with van der Waals surface area (Å²) in [6.07, 6.45) is 0.874. The first-order valence-corrected chi connectivity index (χ1v) is 5.53. The standard InChI is InChI=1S/C13H17NO/c1-3-14-9-12-7-5-4-6-11(12)8-13(14)10(2)15/h4-7,13H,3,8-9H2,1-2H3/t13-/m0/s1. The number of carbonyl (C=O) groups is 1. The zero-order valence-electron chi connectivity index (χ0n) is 9.36. The van der Waals surface area contributed by atoms with E-state index in [4.69, 9.17) is 0 Å². The minimum atomic E-state index is 0.0879. The Morgan fingerprint density at radius 1 is 1.40 bits per heavy atom. The summed E-state index contributed by atoms with van der Waals surface area (Å²) >= 11 is 0. The van der Waals surface area contributed by atoms with Crippen molar-refractivity contribution in [3.8, 4) is 0 Å². The Morgan fingerprint density at radius 3 is 2.67 bits per heavy atom. The number of Topliss-reactive ketones (excluding diaryl/α,β-unsaturated/α-hetero) is 1. The van der Waals surface area contributed by atoms with E-state index in [9.17, 15) is 4.79 Å². The number of hydrogen-bond donors (Lipinski definition) is 0. The molecule has 0 aliphatic carbocycles. The van der Waals surface area contributed by atoms with Gasteiger partial charge in [0.2, 0.25) is 0 Å². The molecule has 1 atom stereocenters. The molecule has 0 radical (unpaired) electrons. The SMILES string of the molecule is CCN1Cc2ccccc2C[C@H]1C(C)=O. The Morgan fingerprint density at radius 2 is 2.07 bits per heavy atom. The van der Waals surface area contributed by atoms with Crippen LogP contribution in [0.2, 0.25) is 0 Å². The van der Waals surface area contributed by atoms with E-state index in [1.165, 1.54) is 11.1 Å². The monoisotopic (exact) mass is 203 g/mol. The quantitative estimate of drug-likeness (QED) is 0.733. The van der Waals surface area contributed by atoms with Crippen LogP contribution in [0.4, 0.5) is 0 Å². The first kappa shape index (κ1) is 10.4. The molecule has 1 aromatic rings. The van der Waals surface area contributed by atoms with Gasteiger partial charge >= 0.3 is 0 Å². The third-order valence-electron chi connectivity index (χ3n) is 3.22. The summed E-state index contributed by atoms with van der Waals surface area (Å²) < 4.78 is 0. The molecule has 2 nitrogen and oxygen atoms in total. The molecule has 0 bridgehead atoms. The maximum absolute atomic E-state index is 11.5. The fourth-order valence-corrected chi connectivity index (χ4v) is 2.31. The lowest BCUT2D eigenvalue weighted by molar-refractivity contribution is -0.122. The first-order chi connectivity index (χ1) is 7.22. The summed E-state index contributed by atoms with van der Waals surface area (Å²) in [5.74, 6) is 0.284. The minimum absolute atomic E-state index is 0.0879. The van der Waals surface area contributed by atoms with Gasteiger partial charge in [-0.25, -0.2) is 0 Å². The lowest BCUT2D eigenvalue weighted by atomic mass is 9.92. The van der Waals surface area contributed by atoms with Crippen molar-refractivity contribution in [3.05, 3.63) is 35.4 Å². The van der Waals surface area contributed by atoms with E-state index >= 15 is 0 Å². The van der Waals surface area contributed by atoms with Crippen molar-refractivity contribution in [2.45, 2.75) is 32.9 Å². The molecule has 0 saturated carbocycles. The average Bonchev–Trinajstić information content (AvgIpc) is 2.27. The van der Waals surface area contributed by atoms with Crippen LogP contribution < -0.4 is 0 Å². The van der Waals surface area contributed by atoms with Gasteiger partial charge in [-0.3, -0.25) is 9.69 Å². The highest BCUT2D eigenvalue weighted by molar-refractivity contribution is 5.82. The predicted molar refractivity (Wildman–Crippen MR) is 60.7 cm³/mol. The fraction of sp³-hybridized carbons (Fsp3) is 0.462. The first-order valence-electron chi connectivity index (χ1n) is 5.53. The lowest BCUT2D eigenvalue weighted by Gasteiger charge is -2.34. The van der Waals surface area contributed by atoms with Gasteiger partial charge < -0.3 is 0 Å². The summed E-state index contributed by atoms with van der Waals surface area (Å²) in [5.41, 5.74) is 2.71. The van der Waals surface area contributed by atoms with E-state index in [0.717, 1.165) is 19.5 Å². The molecule has 0 unspecified atom stereocenters. The summed E-state index contributed by atoms with van der Waals surface area (Å²) in [6, 6.07) is 8.51. The van der Waals surface area contributed by atoms with Gasteiger partial charge in [0.15, 0.2) is 0 Å². The largest absolute Gasteiger partial charge is 0.298 e. The molecule has 0 aromatic heterocycles. The molecule has 1 heterocycles. The van der Waals surface area contributed by atoms with Crippen molar-refractivity contribution in [2.24, 2.45) is 0 Å². The maximum Gasteiger partial charge on any atom is 0.147 e. The van der Waals surface area contributed by atoms with Crippen LogP contribution in [0.25, 0.3) is 0 Å². The number of ketones is 1. The summed E-state index contributed by atoms with van der Waals surface area (Å²) in [5, 5.41) is 0. The summed E-state index contributed by atoms with van der Waals surface area (Å²) in [6.45, 7) is 5.67. The molecule has 0 fully saturated rings. The Bertz CT molecular complexity index is 373. The maximum atomic E-state index is 11.5. The van der Waals surface area contributed by atoms with Crippen LogP contribution in [-0.4, -0.2) is 23.3 Å². The van der Waals surface area contributed by atoms with Crippen molar-refractivity contribution in [3.63, 3.8) is 0 Å². The van der Waals surface area contributed by atoms with Crippen LogP contribution >= 0.6 is 0 Å². The molecule has 1 aliphatic heterocycles. The molecule has 1 aliphatic rings. The molecular formula is C13H17NO. The zero-order valence-corrected chi connectivity index (χ0v) is 9.36. The van der Waals surface area contributed by atoms with Gasteiger partial charge in [-0.1, -0.05) is 31.2 Å². The van der Waals surface area contributed by atoms with Gasteiger partial charge in [0.25, 0.3) is 0 Å². The van der Waals surface area contributed by atoms with Crippen LogP contribution in [0.15, 0.2) is 24.3 Å². The minimum Gasteiger partial charge on any atom is -0.298 e. The Labute approximate surface area is 90.9 Å². The smallest absolute Gasteiger partial charge is 0.147 e. The van der Waals surface area contributed by atoms with Crippen LogP contribution in [0.1, 0.15) is 25.0 Å². The zero-order chi connectivity index (χ0) is 10.8. The molecule has 2 heteroatoms. The topological polar surface area (TPSA) is 20.3 Å². The molecule has 80 valence electrons. The van der Waals surface area contributed by atoms with Gasteiger partial charge in [0.05, 0.1) is 6.04 Å². The molecular weight excluding hydrogens is 186 g/mol. The second kappa shape index (κ2) is 4.15. The van der Waals surface area contributed by atoms with Crippen LogP contribution in [0.5, 0.6) is 0 Å². The van der Waals surface area contributed by atoms with E-state index in [1.807, 2.05) is 0 Å². The Balaban J connectivity index is 2.30. The lowest BCUT2D eigenvalue weighted by Crippen LogP contribution is -2.44. The van der Waals surface area contributed by atoms with E-state index in [-0.39, 0.29) is 11.8 Å². The number of fused-ring (bicyclic) bond motifs is 1. The Kier molecular flexibility index (Phi) is 2.87. The number of hydrogen-bond acceptors (Lipinski definition) is 2. The molecule has 0 amide bonds. The van der Waals surface area contributed by atoms with Gasteiger partial charge in [-0.05, 0) is 31.0 Å². The molecule has 0 N–H and O–H groups in total. The van der Waals surface area contributed by atoms with Crippen LogP contribution in [-0.2, 0) is 17.8 Å². The fourth-order valence-electron chi connectivity index (χ4n) is 2.31. The van der Waals surface area contributed by atoms with Gasteiger partial charge in [0, 0.05) is 6.54 Å². The van der Waals surface area contributed by atoms with Gasteiger partial charge in [0.1, 0.15) is 5.78 Å². The predicted octanol–water partition coefficient (Wildman–Crippen LogP) is 2.02. The molecule has 15 heavy (non-hydrogen) atoms. The molecule has 0 spiro atoms. The number of carbonyl (C=O) groups excluding carboxylic acids is 1. The third kappa shape index (κ3) is 1.95. The highest BCUT2D eigenvalue weighted by Crippen LogP contribution is 2.23. The third-order valence-corrected chi connectivity index (χ3v) is 3.22. The van der Waals surface area contributed by atoms with E-state index < -0.39 is 0 Å². The normalized spacial score (nSPS) is 21.1. The van der Waals surface area contributed by atoms with Crippen molar-refractivity contribution in [1.29, 1.82) is 0 Å². The molecule has 2 rings (SSSR count). The van der Waals surface area contributed by atoms with E-state index in [2.05, 4.69) is 36.1 Å². The highest BCUT2D eigenvalue weighted by Gasteiger charge is 2.27. The number of rotatable bonds is 2. The van der Waals surface area contributed by atoms with Crippen molar-refractivity contribution in [2.75, 3.05) is 6.54 Å². The second-order valence-electron chi connectivity index (χ2n) is 4.16. The second-order valence-corrected chi connectivity index (χ2v) is 4.16. The number of likely N-dealkylation sites (N-methyl/N-ethyl adjacent to an activating group) is 1. The van der Waals surface area contributed by atoms with Crippen molar-refractivity contribution in [1.82, 2.24) is 4.90 Å².